The number of rotatable bonds is 7. The highest BCUT2D eigenvalue weighted by molar-refractivity contribution is 5.78. The Kier molecular flexibility index (Phi) is 5.63. The molecule has 1 saturated carbocycles. The lowest BCUT2D eigenvalue weighted by molar-refractivity contribution is -0.131. The van der Waals surface area contributed by atoms with Crippen LogP contribution in [-0.2, 0) is 9.59 Å². The van der Waals surface area contributed by atoms with Crippen LogP contribution in [0, 0.1) is 0 Å². The number of carbonyl (C=O) groups is 2. The molecule has 0 radical (unpaired) electrons. The predicted molar refractivity (Wildman–Crippen MR) is 73.7 cm³/mol. The molecular formula is C14H25N3O2. The first-order valence-electron chi connectivity index (χ1n) is 7.53. The Morgan fingerprint density at radius 2 is 1.84 bits per heavy atom. The van der Waals surface area contributed by atoms with Crippen molar-refractivity contribution in [2.24, 2.45) is 0 Å². The largest absolute Gasteiger partial charge is 0.353 e. The number of hydrogen-bond donors (Lipinski definition) is 2. The van der Waals surface area contributed by atoms with Crippen LogP contribution in [0.25, 0.3) is 0 Å². The molecule has 1 aliphatic carbocycles. The van der Waals surface area contributed by atoms with Crippen LogP contribution >= 0.6 is 0 Å². The molecule has 1 aliphatic heterocycles. The quantitative estimate of drug-likeness (QED) is 0.666. The Morgan fingerprint density at radius 3 is 2.53 bits per heavy atom. The fraction of sp³-hybridized carbons (Fsp3) is 0.857. The second-order valence-electron chi connectivity index (χ2n) is 5.56. The Labute approximate surface area is 115 Å². The summed E-state index contributed by atoms with van der Waals surface area (Å²) in [6.07, 6.45) is 7.13. The van der Waals surface area contributed by atoms with Gasteiger partial charge in [0.1, 0.15) is 0 Å². The van der Waals surface area contributed by atoms with Gasteiger partial charge in [0, 0.05) is 25.6 Å². The number of nitrogens with zero attached hydrogens (tertiary/aromatic N) is 1. The molecule has 2 N–H and O–H groups in total. The zero-order chi connectivity index (χ0) is 13.5. The summed E-state index contributed by atoms with van der Waals surface area (Å²) in [4.78, 5) is 25.2. The fourth-order valence-corrected chi connectivity index (χ4v) is 2.35. The summed E-state index contributed by atoms with van der Waals surface area (Å²) in [5.74, 6) is 0.341. The molecular weight excluding hydrogens is 242 g/mol. The molecule has 0 unspecified atom stereocenters. The SMILES string of the molecule is O=C(CCCNCC(=O)N1CCCCC1)NC1CC1. The predicted octanol–water partition coefficient (Wildman–Crippen LogP) is 0.647. The number of likely N-dealkylation sites (tertiary alicyclic amines) is 1. The van der Waals surface area contributed by atoms with Gasteiger partial charge in [-0.1, -0.05) is 0 Å². The zero-order valence-electron chi connectivity index (χ0n) is 11.6. The molecule has 0 aromatic rings. The van der Waals surface area contributed by atoms with Gasteiger partial charge >= 0.3 is 0 Å². The number of amides is 2. The second kappa shape index (κ2) is 7.48. The topological polar surface area (TPSA) is 61.4 Å². The fourth-order valence-electron chi connectivity index (χ4n) is 2.35. The molecule has 19 heavy (non-hydrogen) atoms. The van der Waals surface area contributed by atoms with Crippen LogP contribution in [0.2, 0.25) is 0 Å². The molecule has 2 aliphatic rings. The van der Waals surface area contributed by atoms with Crippen molar-refractivity contribution in [2.75, 3.05) is 26.2 Å². The van der Waals surface area contributed by atoms with E-state index in [0.29, 0.717) is 19.0 Å². The van der Waals surface area contributed by atoms with Crippen molar-refractivity contribution >= 4 is 11.8 Å². The minimum absolute atomic E-state index is 0.145. The Hall–Kier alpha value is -1.10. The monoisotopic (exact) mass is 267 g/mol. The van der Waals surface area contributed by atoms with E-state index in [9.17, 15) is 9.59 Å². The maximum absolute atomic E-state index is 11.8. The van der Waals surface area contributed by atoms with Crippen molar-refractivity contribution in [3.8, 4) is 0 Å². The van der Waals surface area contributed by atoms with E-state index in [-0.39, 0.29) is 11.8 Å². The maximum Gasteiger partial charge on any atom is 0.236 e. The molecule has 2 amide bonds. The van der Waals surface area contributed by atoms with Crippen LogP contribution in [0.3, 0.4) is 0 Å². The lowest BCUT2D eigenvalue weighted by Gasteiger charge is -2.26. The van der Waals surface area contributed by atoms with Gasteiger partial charge < -0.3 is 15.5 Å². The van der Waals surface area contributed by atoms with E-state index in [4.69, 9.17) is 0 Å². The van der Waals surface area contributed by atoms with Gasteiger partial charge in [-0.15, -0.1) is 0 Å². The Bertz CT molecular complexity index is 310. The number of carbonyl (C=O) groups excluding carboxylic acids is 2. The first-order valence-corrected chi connectivity index (χ1v) is 7.53. The van der Waals surface area contributed by atoms with Gasteiger partial charge in [-0.2, -0.15) is 0 Å². The number of piperidine rings is 1. The molecule has 0 aromatic heterocycles. The lowest BCUT2D eigenvalue weighted by atomic mass is 10.1. The van der Waals surface area contributed by atoms with E-state index >= 15 is 0 Å². The molecule has 5 heteroatoms. The van der Waals surface area contributed by atoms with E-state index in [1.807, 2.05) is 4.90 Å². The van der Waals surface area contributed by atoms with E-state index in [1.54, 1.807) is 0 Å². The third kappa shape index (κ3) is 5.59. The second-order valence-corrected chi connectivity index (χ2v) is 5.56. The van der Waals surface area contributed by atoms with Gasteiger partial charge in [-0.05, 0) is 45.1 Å². The minimum Gasteiger partial charge on any atom is -0.353 e. The Balaban J connectivity index is 1.46. The van der Waals surface area contributed by atoms with Crippen molar-refractivity contribution < 1.29 is 9.59 Å². The zero-order valence-corrected chi connectivity index (χ0v) is 11.6. The highest BCUT2D eigenvalue weighted by Gasteiger charge is 2.22. The number of nitrogens with one attached hydrogen (secondary N) is 2. The van der Waals surface area contributed by atoms with Crippen LogP contribution in [0.1, 0.15) is 44.9 Å². The molecule has 0 aromatic carbocycles. The summed E-state index contributed by atoms with van der Waals surface area (Å²) < 4.78 is 0. The normalized spacial score (nSPS) is 19.3. The average molecular weight is 267 g/mol. The third-order valence-electron chi connectivity index (χ3n) is 3.68. The molecule has 1 saturated heterocycles. The van der Waals surface area contributed by atoms with Crippen molar-refractivity contribution in [2.45, 2.75) is 51.0 Å². The van der Waals surface area contributed by atoms with Crippen LogP contribution in [-0.4, -0.2) is 48.9 Å². The molecule has 2 rings (SSSR count). The molecule has 5 nitrogen and oxygen atoms in total. The minimum atomic E-state index is 0.145. The van der Waals surface area contributed by atoms with Gasteiger partial charge in [-0.3, -0.25) is 9.59 Å². The van der Waals surface area contributed by atoms with Gasteiger partial charge in [0.2, 0.25) is 11.8 Å². The van der Waals surface area contributed by atoms with E-state index in [2.05, 4.69) is 10.6 Å². The molecule has 0 spiro atoms. The maximum atomic E-state index is 11.8. The third-order valence-corrected chi connectivity index (χ3v) is 3.68. The van der Waals surface area contributed by atoms with Crippen LogP contribution in [0.5, 0.6) is 0 Å². The molecule has 0 atom stereocenters. The highest BCUT2D eigenvalue weighted by atomic mass is 16.2. The van der Waals surface area contributed by atoms with Gasteiger partial charge in [0.05, 0.1) is 6.54 Å². The average Bonchev–Trinajstić information content (AvgIpc) is 3.23. The smallest absolute Gasteiger partial charge is 0.236 e. The van der Waals surface area contributed by atoms with Crippen LogP contribution in [0.15, 0.2) is 0 Å². The van der Waals surface area contributed by atoms with Crippen LogP contribution in [0.4, 0.5) is 0 Å². The summed E-state index contributed by atoms with van der Waals surface area (Å²) in [6, 6.07) is 0.445. The van der Waals surface area contributed by atoms with Crippen molar-refractivity contribution in [3.63, 3.8) is 0 Å². The van der Waals surface area contributed by atoms with Crippen molar-refractivity contribution in [3.05, 3.63) is 0 Å². The van der Waals surface area contributed by atoms with E-state index in [1.165, 1.54) is 6.42 Å². The molecule has 108 valence electrons. The van der Waals surface area contributed by atoms with Crippen molar-refractivity contribution in [1.29, 1.82) is 0 Å². The summed E-state index contributed by atoms with van der Waals surface area (Å²) in [6.45, 7) is 2.95. The van der Waals surface area contributed by atoms with E-state index < -0.39 is 0 Å². The molecule has 2 fully saturated rings. The first-order chi connectivity index (χ1) is 9.25. The molecule has 0 bridgehead atoms. The lowest BCUT2D eigenvalue weighted by Crippen LogP contribution is -2.41. The summed E-state index contributed by atoms with van der Waals surface area (Å²) in [5, 5.41) is 6.10. The van der Waals surface area contributed by atoms with Gasteiger partial charge in [-0.25, -0.2) is 0 Å². The summed E-state index contributed by atoms with van der Waals surface area (Å²) >= 11 is 0. The standard InChI is InChI=1S/C14H25N3O2/c18-13(16-12-6-7-12)5-4-8-15-11-14(19)17-9-2-1-3-10-17/h12,15H,1-11H2,(H,16,18). The number of hydrogen-bond acceptors (Lipinski definition) is 3. The van der Waals surface area contributed by atoms with Gasteiger partial charge in [0.15, 0.2) is 0 Å². The highest BCUT2D eigenvalue weighted by Crippen LogP contribution is 2.18. The summed E-state index contributed by atoms with van der Waals surface area (Å²) in [5.41, 5.74) is 0. The Morgan fingerprint density at radius 1 is 1.11 bits per heavy atom. The van der Waals surface area contributed by atoms with E-state index in [0.717, 1.165) is 51.7 Å². The summed E-state index contributed by atoms with van der Waals surface area (Å²) in [7, 11) is 0. The van der Waals surface area contributed by atoms with Crippen LogP contribution < -0.4 is 10.6 Å². The first kappa shape index (κ1) is 14.3. The van der Waals surface area contributed by atoms with Crippen molar-refractivity contribution in [1.82, 2.24) is 15.5 Å². The molecule has 1 heterocycles. The van der Waals surface area contributed by atoms with Gasteiger partial charge in [0.25, 0.3) is 0 Å².